The fraction of sp³-hybridized carbons (Fsp3) is 0.500. The average Bonchev–Trinajstić information content (AvgIpc) is 2.42. The Morgan fingerprint density at radius 1 is 1.47 bits per heavy atom. The maximum Gasteiger partial charge on any atom is 0.257 e. The Bertz CT molecular complexity index is 465. The van der Waals surface area contributed by atoms with Gasteiger partial charge in [0, 0.05) is 22.9 Å². The van der Waals surface area contributed by atoms with E-state index in [1.165, 1.54) is 6.07 Å². The molecule has 1 fully saturated rings. The predicted octanol–water partition coefficient (Wildman–Crippen LogP) is 3.83. The summed E-state index contributed by atoms with van der Waals surface area (Å²) in [5.41, 5.74) is 0.300. The fourth-order valence-corrected chi connectivity index (χ4v) is 3.23. The Balaban J connectivity index is 2.23. The molecule has 0 saturated carbocycles. The summed E-state index contributed by atoms with van der Waals surface area (Å²) in [4.78, 5) is 14.4. The minimum atomic E-state index is -0.120. The van der Waals surface area contributed by atoms with Crippen molar-refractivity contribution in [3.05, 3.63) is 28.8 Å². The minimum Gasteiger partial charge on any atom is -0.507 e. The molecule has 1 unspecified atom stereocenters. The van der Waals surface area contributed by atoms with Gasteiger partial charge in [-0.2, -0.15) is 0 Å². The molecule has 5 heteroatoms. The number of carbonyl (C=O) groups excluding carboxylic acids is 1. The number of aromatic hydroxyl groups is 1. The number of amides is 1. The first-order valence-electron chi connectivity index (χ1n) is 6.49. The normalized spacial score (nSPS) is 19.5. The molecular weight excluding hydrogens is 330 g/mol. The van der Waals surface area contributed by atoms with Crippen molar-refractivity contribution in [2.75, 3.05) is 11.9 Å². The highest BCUT2D eigenvalue weighted by atomic mass is 79.9. The summed E-state index contributed by atoms with van der Waals surface area (Å²) in [6.07, 6.45) is 4.14. The van der Waals surface area contributed by atoms with Crippen LogP contribution < -0.4 is 0 Å². The van der Waals surface area contributed by atoms with Crippen LogP contribution in [0.4, 0.5) is 0 Å². The number of phenolic OH excluding ortho intramolecular Hbond substituents is 1. The highest BCUT2D eigenvalue weighted by molar-refractivity contribution is 9.09. The lowest BCUT2D eigenvalue weighted by molar-refractivity contribution is 0.0607. The van der Waals surface area contributed by atoms with E-state index in [0.29, 0.717) is 10.6 Å². The third-order valence-electron chi connectivity index (χ3n) is 3.52. The van der Waals surface area contributed by atoms with Gasteiger partial charge < -0.3 is 10.0 Å². The van der Waals surface area contributed by atoms with E-state index in [0.717, 1.165) is 37.6 Å². The molecule has 104 valence electrons. The van der Waals surface area contributed by atoms with Crippen LogP contribution in [-0.4, -0.2) is 33.8 Å². The van der Waals surface area contributed by atoms with Gasteiger partial charge in [-0.15, -0.1) is 0 Å². The topological polar surface area (TPSA) is 40.5 Å². The maximum atomic E-state index is 12.5. The molecule has 3 nitrogen and oxygen atoms in total. The third kappa shape index (κ3) is 3.42. The zero-order valence-corrected chi connectivity index (χ0v) is 13.0. The van der Waals surface area contributed by atoms with E-state index in [9.17, 15) is 9.90 Å². The Labute approximate surface area is 126 Å². The number of carbonyl (C=O) groups is 1. The number of likely N-dealkylation sites (tertiary alicyclic amines) is 1. The van der Waals surface area contributed by atoms with Crippen molar-refractivity contribution in [1.82, 2.24) is 4.90 Å². The Morgan fingerprint density at radius 3 is 3.00 bits per heavy atom. The van der Waals surface area contributed by atoms with Crippen LogP contribution in [0.15, 0.2) is 18.2 Å². The van der Waals surface area contributed by atoms with E-state index in [-0.39, 0.29) is 17.7 Å². The van der Waals surface area contributed by atoms with Crippen LogP contribution in [0.2, 0.25) is 5.02 Å². The number of rotatable bonds is 3. The first kappa shape index (κ1) is 14.7. The summed E-state index contributed by atoms with van der Waals surface area (Å²) in [6.45, 7) is 0.752. The van der Waals surface area contributed by atoms with Crippen LogP contribution in [0, 0.1) is 0 Å². The molecule has 1 saturated heterocycles. The summed E-state index contributed by atoms with van der Waals surface area (Å²) < 4.78 is 0. The van der Waals surface area contributed by atoms with Gasteiger partial charge in [0.15, 0.2) is 0 Å². The van der Waals surface area contributed by atoms with Crippen LogP contribution in [0.25, 0.3) is 0 Å². The summed E-state index contributed by atoms with van der Waals surface area (Å²) >= 11 is 9.34. The molecule has 0 radical (unpaired) electrons. The van der Waals surface area contributed by atoms with Crippen LogP contribution in [-0.2, 0) is 0 Å². The molecule has 1 amide bonds. The van der Waals surface area contributed by atoms with Gasteiger partial charge in [0.1, 0.15) is 5.75 Å². The SMILES string of the molecule is O=C(c1cc(Cl)ccc1O)N1CCCCC1CCBr. The monoisotopic (exact) mass is 345 g/mol. The van der Waals surface area contributed by atoms with E-state index in [2.05, 4.69) is 15.9 Å². The summed E-state index contributed by atoms with van der Waals surface area (Å²) in [7, 11) is 0. The first-order chi connectivity index (χ1) is 9.13. The highest BCUT2D eigenvalue weighted by Crippen LogP contribution is 2.27. The van der Waals surface area contributed by atoms with Gasteiger partial charge in [0.25, 0.3) is 5.91 Å². The smallest absolute Gasteiger partial charge is 0.257 e. The van der Waals surface area contributed by atoms with Gasteiger partial charge in [-0.05, 0) is 43.9 Å². The minimum absolute atomic E-state index is 0.00225. The number of hydrogen-bond donors (Lipinski definition) is 1. The van der Waals surface area contributed by atoms with Crippen molar-refractivity contribution in [2.24, 2.45) is 0 Å². The lowest BCUT2D eigenvalue weighted by atomic mass is 9.98. The summed E-state index contributed by atoms with van der Waals surface area (Å²) in [6, 6.07) is 4.84. The zero-order chi connectivity index (χ0) is 13.8. The van der Waals surface area contributed by atoms with Crippen LogP contribution in [0.3, 0.4) is 0 Å². The van der Waals surface area contributed by atoms with E-state index < -0.39 is 0 Å². The molecule has 1 heterocycles. The molecular formula is C14H17BrClNO2. The molecule has 1 N–H and O–H groups in total. The van der Waals surface area contributed by atoms with Crippen LogP contribution >= 0.6 is 27.5 Å². The van der Waals surface area contributed by atoms with Crippen molar-refractivity contribution in [3.63, 3.8) is 0 Å². The molecule has 19 heavy (non-hydrogen) atoms. The Morgan fingerprint density at radius 2 is 2.26 bits per heavy atom. The number of halogens is 2. The third-order valence-corrected chi connectivity index (χ3v) is 4.21. The number of piperidine rings is 1. The zero-order valence-electron chi connectivity index (χ0n) is 10.6. The second-order valence-electron chi connectivity index (χ2n) is 4.79. The van der Waals surface area contributed by atoms with Crippen molar-refractivity contribution < 1.29 is 9.90 Å². The Kier molecular flexibility index (Phi) is 5.11. The maximum absolute atomic E-state index is 12.5. The number of alkyl halides is 1. The quantitative estimate of drug-likeness (QED) is 0.845. The number of benzene rings is 1. The number of nitrogens with zero attached hydrogens (tertiary/aromatic N) is 1. The molecule has 0 bridgehead atoms. The fourth-order valence-electron chi connectivity index (χ4n) is 2.53. The molecule has 0 spiro atoms. The van der Waals surface area contributed by atoms with Gasteiger partial charge in [-0.25, -0.2) is 0 Å². The molecule has 0 aromatic heterocycles. The first-order valence-corrected chi connectivity index (χ1v) is 7.99. The van der Waals surface area contributed by atoms with Crippen molar-refractivity contribution in [1.29, 1.82) is 0 Å². The van der Waals surface area contributed by atoms with Crippen LogP contribution in [0.5, 0.6) is 5.75 Å². The second kappa shape index (κ2) is 6.62. The van der Waals surface area contributed by atoms with E-state index in [1.807, 2.05) is 4.90 Å². The van der Waals surface area contributed by atoms with Crippen molar-refractivity contribution in [2.45, 2.75) is 31.7 Å². The molecule has 1 aliphatic rings. The van der Waals surface area contributed by atoms with E-state index in [4.69, 9.17) is 11.6 Å². The molecule has 2 rings (SSSR count). The molecule has 0 aliphatic carbocycles. The van der Waals surface area contributed by atoms with Gasteiger partial charge in [-0.3, -0.25) is 4.79 Å². The summed E-state index contributed by atoms with van der Waals surface area (Å²) in [5.74, 6) is -0.122. The van der Waals surface area contributed by atoms with Crippen molar-refractivity contribution >= 4 is 33.4 Å². The summed E-state index contributed by atoms with van der Waals surface area (Å²) in [5, 5.41) is 11.2. The van der Waals surface area contributed by atoms with Gasteiger partial charge >= 0.3 is 0 Å². The number of phenols is 1. The second-order valence-corrected chi connectivity index (χ2v) is 6.02. The predicted molar refractivity (Wildman–Crippen MR) is 80.2 cm³/mol. The largest absolute Gasteiger partial charge is 0.507 e. The molecule has 1 atom stereocenters. The highest BCUT2D eigenvalue weighted by Gasteiger charge is 2.28. The standard InChI is InChI=1S/C14H17BrClNO2/c15-7-6-11-3-1-2-8-17(11)14(19)12-9-10(16)4-5-13(12)18/h4-5,9,11,18H,1-3,6-8H2. The Hall–Kier alpha value is -0.740. The van der Waals surface area contributed by atoms with Crippen molar-refractivity contribution in [3.8, 4) is 5.75 Å². The molecule has 1 aliphatic heterocycles. The van der Waals surface area contributed by atoms with Gasteiger partial charge in [-0.1, -0.05) is 27.5 Å². The lowest BCUT2D eigenvalue weighted by Crippen LogP contribution is -2.44. The lowest BCUT2D eigenvalue weighted by Gasteiger charge is -2.35. The molecule has 1 aromatic carbocycles. The van der Waals surface area contributed by atoms with E-state index in [1.54, 1.807) is 12.1 Å². The van der Waals surface area contributed by atoms with Crippen LogP contribution in [0.1, 0.15) is 36.0 Å². The molecule has 1 aromatic rings. The number of hydrogen-bond acceptors (Lipinski definition) is 2. The average molecular weight is 347 g/mol. The van der Waals surface area contributed by atoms with E-state index >= 15 is 0 Å². The van der Waals surface area contributed by atoms with Gasteiger partial charge in [0.05, 0.1) is 5.56 Å². The van der Waals surface area contributed by atoms with Gasteiger partial charge in [0.2, 0.25) is 0 Å².